The third kappa shape index (κ3) is 1.78. The second kappa shape index (κ2) is 3.45. The van der Waals surface area contributed by atoms with Gasteiger partial charge in [0.1, 0.15) is 5.60 Å². The Bertz CT molecular complexity index is 444. The van der Waals surface area contributed by atoms with E-state index < -0.39 is 16.8 Å². The quantitative estimate of drug-likeness (QED) is 0.844. The topological polar surface area (TPSA) is 33.1 Å². The van der Waals surface area contributed by atoms with Gasteiger partial charge in [0.25, 0.3) is 0 Å². The van der Waals surface area contributed by atoms with Crippen LogP contribution in [-0.2, 0) is 11.8 Å². The third-order valence-electron chi connectivity index (χ3n) is 3.84. The second-order valence-electron chi connectivity index (χ2n) is 4.95. The van der Waals surface area contributed by atoms with Gasteiger partial charge in [0.2, 0.25) is 0 Å². The summed E-state index contributed by atoms with van der Waals surface area (Å²) in [5.41, 5.74) is -1.05. The molecule has 94 valence electrons. The molecular formula is C11H12F3NOS. The normalized spacial score (nSPS) is 36.7. The number of aliphatic hydroxyl groups is 1. The zero-order valence-corrected chi connectivity index (χ0v) is 9.81. The lowest BCUT2D eigenvalue weighted by molar-refractivity contribution is -0.137. The first-order valence-corrected chi connectivity index (χ1v) is 6.49. The maximum atomic E-state index is 12.5. The van der Waals surface area contributed by atoms with E-state index in [1.807, 2.05) is 0 Å². The van der Waals surface area contributed by atoms with Crippen molar-refractivity contribution in [2.45, 2.75) is 37.5 Å². The van der Waals surface area contributed by atoms with Crippen molar-refractivity contribution >= 4 is 11.3 Å². The molecule has 2 nitrogen and oxygen atoms in total. The largest absolute Gasteiger partial charge is 0.443 e. The third-order valence-corrected chi connectivity index (χ3v) is 5.05. The van der Waals surface area contributed by atoms with Crippen molar-refractivity contribution in [3.8, 4) is 0 Å². The van der Waals surface area contributed by atoms with Gasteiger partial charge < -0.3 is 5.11 Å². The molecule has 6 heteroatoms. The fourth-order valence-electron chi connectivity index (χ4n) is 2.88. The van der Waals surface area contributed by atoms with Crippen LogP contribution in [0, 0.1) is 11.8 Å². The number of aromatic nitrogens is 1. The molecule has 1 heterocycles. The second-order valence-corrected chi connectivity index (χ2v) is 5.98. The minimum Gasteiger partial charge on any atom is -0.384 e. The van der Waals surface area contributed by atoms with Crippen LogP contribution < -0.4 is 0 Å². The Morgan fingerprint density at radius 2 is 2.24 bits per heavy atom. The molecule has 1 aromatic heterocycles. The molecule has 3 unspecified atom stereocenters. The van der Waals surface area contributed by atoms with E-state index in [0.717, 1.165) is 19.3 Å². The molecule has 0 amide bonds. The molecule has 0 bridgehead atoms. The molecule has 0 radical (unpaired) electrons. The summed E-state index contributed by atoms with van der Waals surface area (Å²) in [7, 11) is 0. The van der Waals surface area contributed by atoms with E-state index in [9.17, 15) is 18.3 Å². The van der Waals surface area contributed by atoms with E-state index >= 15 is 0 Å². The van der Waals surface area contributed by atoms with Crippen LogP contribution in [0.15, 0.2) is 6.20 Å². The van der Waals surface area contributed by atoms with Crippen molar-refractivity contribution in [1.82, 2.24) is 4.98 Å². The summed E-state index contributed by atoms with van der Waals surface area (Å²) in [6.45, 7) is 0. The van der Waals surface area contributed by atoms with Gasteiger partial charge in [-0.2, -0.15) is 13.2 Å². The first kappa shape index (κ1) is 11.5. The number of hydrogen-bond acceptors (Lipinski definition) is 3. The Kier molecular flexibility index (Phi) is 2.32. The van der Waals surface area contributed by atoms with Gasteiger partial charge in [0, 0.05) is 6.20 Å². The molecule has 1 N–H and O–H groups in total. The molecule has 1 aromatic rings. The van der Waals surface area contributed by atoms with Crippen LogP contribution in [0.5, 0.6) is 0 Å². The average molecular weight is 263 g/mol. The molecular weight excluding hydrogens is 251 g/mol. The van der Waals surface area contributed by atoms with Crippen LogP contribution in [0.1, 0.15) is 35.6 Å². The monoisotopic (exact) mass is 263 g/mol. The fraction of sp³-hybridized carbons (Fsp3) is 0.727. The molecule has 3 atom stereocenters. The van der Waals surface area contributed by atoms with Crippen molar-refractivity contribution in [1.29, 1.82) is 0 Å². The van der Waals surface area contributed by atoms with Gasteiger partial charge in [-0.15, -0.1) is 11.3 Å². The highest BCUT2D eigenvalue weighted by atomic mass is 32.1. The SMILES string of the molecule is OC1(c2cnc(C(F)(F)F)s2)CCCC2CC21. The number of nitrogens with zero attached hydrogens (tertiary/aromatic N) is 1. The van der Waals surface area contributed by atoms with Gasteiger partial charge >= 0.3 is 6.18 Å². The smallest absolute Gasteiger partial charge is 0.384 e. The Morgan fingerprint density at radius 1 is 1.47 bits per heavy atom. The summed E-state index contributed by atoms with van der Waals surface area (Å²) < 4.78 is 37.4. The van der Waals surface area contributed by atoms with E-state index in [1.54, 1.807) is 0 Å². The summed E-state index contributed by atoms with van der Waals surface area (Å²) in [5, 5.41) is 9.68. The minimum atomic E-state index is -4.41. The van der Waals surface area contributed by atoms with E-state index in [0.29, 0.717) is 28.6 Å². The molecule has 0 aromatic carbocycles. The lowest BCUT2D eigenvalue weighted by atomic mass is 9.84. The number of hydrogen-bond donors (Lipinski definition) is 1. The van der Waals surface area contributed by atoms with Crippen LogP contribution in [0.4, 0.5) is 13.2 Å². The Balaban J connectivity index is 1.91. The van der Waals surface area contributed by atoms with E-state index in [-0.39, 0.29) is 5.92 Å². The first-order chi connectivity index (χ1) is 7.91. The van der Waals surface area contributed by atoms with Crippen molar-refractivity contribution in [2.75, 3.05) is 0 Å². The fourth-order valence-corrected chi connectivity index (χ4v) is 3.85. The highest BCUT2D eigenvalue weighted by molar-refractivity contribution is 7.11. The van der Waals surface area contributed by atoms with Crippen molar-refractivity contribution in [2.24, 2.45) is 11.8 Å². The van der Waals surface area contributed by atoms with Gasteiger partial charge in [-0.1, -0.05) is 0 Å². The summed E-state index contributed by atoms with van der Waals surface area (Å²) in [6, 6.07) is 0. The van der Waals surface area contributed by atoms with Crippen LogP contribution in [-0.4, -0.2) is 10.1 Å². The molecule has 2 saturated carbocycles. The first-order valence-electron chi connectivity index (χ1n) is 5.67. The summed E-state index contributed by atoms with van der Waals surface area (Å²) in [5.74, 6) is 0.656. The molecule has 17 heavy (non-hydrogen) atoms. The maximum Gasteiger partial charge on any atom is 0.443 e. The van der Waals surface area contributed by atoms with Crippen LogP contribution in [0.2, 0.25) is 0 Å². The lowest BCUT2D eigenvalue weighted by Crippen LogP contribution is -2.30. The number of fused-ring (bicyclic) bond motifs is 1. The predicted molar refractivity (Wildman–Crippen MR) is 56.5 cm³/mol. The Hall–Kier alpha value is -0.620. The molecule has 3 rings (SSSR count). The van der Waals surface area contributed by atoms with Crippen molar-refractivity contribution in [3.63, 3.8) is 0 Å². The summed E-state index contributed by atoms with van der Waals surface area (Å²) in [4.78, 5) is 3.78. The highest BCUT2D eigenvalue weighted by Crippen LogP contribution is 2.59. The maximum absolute atomic E-state index is 12.5. The zero-order chi connectivity index (χ0) is 12.3. The number of halogens is 3. The lowest BCUT2D eigenvalue weighted by Gasteiger charge is -2.30. The van der Waals surface area contributed by atoms with Crippen LogP contribution in [0.3, 0.4) is 0 Å². The van der Waals surface area contributed by atoms with Gasteiger partial charge in [0.05, 0.1) is 4.88 Å². The molecule has 2 fully saturated rings. The van der Waals surface area contributed by atoms with Crippen LogP contribution >= 0.6 is 11.3 Å². The predicted octanol–water partition coefficient (Wildman–Crippen LogP) is 3.17. The Labute approximate surface area is 100 Å². The van der Waals surface area contributed by atoms with Crippen molar-refractivity contribution < 1.29 is 18.3 Å². The minimum absolute atomic E-state index is 0.151. The van der Waals surface area contributed by atoms with Crippen LogP contribution in [0.25, 0.3) is 0 Å². The van der Waals surface area contributed by atoms with Gasteiger partial charge in [0.15, 0.2) is 5.01 Å². The van der Waals surface area contributed by atoms with E-state index in [2.05, 4.69) is 4.98 Å². The van der Waals surface area contributed by atoms with Gasteiger partial charge in [-0.3, -0.25) is 0 Å². The highest BCUT2D eigenvalue weighted by Gasteiger charge is 2.56. The van der Waals surface area contributed by atoms with Gasteiger partial charge in [-0.25, -0.2) is 4.98 Å². The van der Waals surface area contributed by atoms with E-state index in [4.69, 9.17) is 0 Å². The number of rotatable bonds is 1. The number of thiazole rings is 1. The Morgan fingerprint density at radius 3 is 2.88 bits per heavy atom. The molecule has 2 aliphatic rings. The molecule has 0 aliphatic heterocycles. The molecule has 0 saturated heterocycles. The molecule has 2 aliphatic carbocycles. The summed E-state index contributed by atoms with van der Waals surface area (Å²) in [6.07, 6.45) is 0.281. The average Bonchev–Trinajstić information content (AvgIpc) is 2.86. The molecule has 0 spiro atoms. The number of alkyl halides is 3. The standard InChI is InChI=1S/C11H12F3NOS/c12-11(13,14)9-15-5-8(17-9)10(16)3-1-2-6-4-7(6)10/h5-7,16H,1-4H2. The zero-order valence-electron chi connectivity index (χ0n) is 9.00. The summed E-state index contributed by atoms with van der Waals surface area (Å²) >= 11 is 0.589. The van der Waals surface area contributed by atoms with E-state index in [1.165, 1.54) is 6.20 Å². The van der Waals surface area contributed by atoms with Gasteiger partial charge in [-0.05, 0) is 37.5 Å². The van der Waals surface area contributed by atoms with Crippen molar-refractivity contribution in [3.05, 3.63) is 16.1 Å².